The van der Waals surface area contributed by atoms with E-state index in [9.17, 15) is 12.8 Å². The van der Waals surface area contributed by atoms with Crippen LogP contribution in [-0.2, 0) is 14.8 Å². The maximum atomic E-state index is 12.9. The van der Waals surface area contributed by atoms with Crippen LogP contribution in [0.25, 0.3) is 0 Å². The molecule has 0 bridgehead atoms. The minimum absolute atomic E-state index is 0.345. The molecule has 0 aromatic heterocycles. The lowest BCUT2D eigenvalue weighted by molar-refractivity contribution is 0.607. The van der Waals surface area contributed by atoms with Crippen LogP contribution in [0.2, 0.25) is 0 Å². The molecule has 1 aromatic carbocycles. The van der Waals surface area contributed by atoms with Crippen molar-refractivity contribution in [3.8, 4) is 0 Å². The first kappa shape index (κ1) is 11.2. The van der Waals surface area contributed by atoms with E-state index >= 15 is 0 Å². The quantitative estimate of drug-likeness (QED) is 0.615. The van der Waals surface area contributed by atoms with Crippen molar-refractivity contribution in [1.82, 2.24) is 0 Å². The maximum absolute atomic E-state index is 12.9. The van der Waals surface area contributed by atoms with E-state index < -0.39 is 14.9 Å². The van der Waals surface area contributed by atoms with Crippen LogP contribution < -0.4 is 0 Å². The summed E-state index contributed by atoms with van der Waals surface area (Å²) in [5, 5.41) is 0. The molecule has 1 aromatic rings. The van der Waals surface area contributed by atoms with Crippen molar-refractivity contribution in [3.05, 3.63) is 33.1 Å². The van der Waals surface area contributed by atoms with E-state index in [1.165, 1.54) is 18.2 Å². The van der Waals surface area contributed by atoms with Crippen LogP contribution in [0.5, 0.6) is 0 Å². The molecule has 2 nitrogen and oxygen atoms in total. The molecule has 1 rings (SSSR count). The lowest BCUT2D eigenvalue weighted by Gasteiger charge is -1.99. The van der Waals surface area contributed by atoms with Gasteiger partial charge in [0.25, 0.3) is 0 Å². The summed E-state index contributed by atoms with van der Waals surface area (Å²) in [5.74, 6) is -0.777. The minimum Gasteiger partial charge on any atom is -0.212 e. The Balaban J connectivity index is 2.99. The van der Waals surface area contributed by atoms with Gasteiger partial charge in [-0.3, -0.25) is 0 Å². The summed E-state index contributed by atoms with van der Waals surface area (Å²) in [4.78, 5) is 0. The molecule has 0 aliphatic carbocycles. The van der Waals surface area contributed by atoms with Crippen LogP contribution in [0.4, 0.5) is 4.39 Å². The van der Waals surface area contributed by atoms with E-state index in [1.54, 1.807) is 0 Å². The molecule has 0 saturated heterocycles. The first-order chi connectivity index (χ1) is 5.88. The zero-order valence-electron chi connectivity index (χ0n) is 6.30. The van der Waals surface area contributed by atoms with Gasteiger partial charge in [-0.05, 0) is 40.3 Å². The Kier molecular flexibility index (Phi) is 3.53. The van der Waals surface area contributed by atoms with Gasteiger partial charge >= 0.3 is 0 Å². The predicted octanol–water partition coefficient (Wildman–Crippen LogP) is 2.50. The smallest absolute Gasteiger partial charge is 0.212 e. The highest BCUT2D eigenvalue weighted by molar-refractivity contribution is 14.1. The number of hydrogen-bond donors (Lipinski definition) is 0. The minimum atomic E-state index is -3.60. The predicted molar refractivity (Wildman–Crippen MR) is 57.6 cm³/mol. The van der Waals surface area contributed by atoms with E-state index in [2.05, 4.69) is 0 Å². The van der Waals surface area contributed by atoms with Crippen molar-refractivity contribution in [2.45, 2.75) is 5.75 Å². The van der Waals surface area contributed by atoms with Crippen LogP contribution in [0, 0.1) is 9.39 Å². The van der Waals surface area contributed by atoms with Crippen LogP contribution >= 0.6 is 33.3 Å². The molecule has 0 heterocycles. The number of halogens is 3. The van der Waals surface area contributed by atoms with E-state index in [0.717, 1.165) is 0 Å². The summed E-state index contributed by atoms with van der Waals surface area (Å²) >= 11 is 1.82. The molecule has 13 heavy (non-hydrogen) atoms. The summed E-state index contributed by atoms with van der Waals surface area (Å²) in [6.45, 7) is 0. The van der Waals surface area contributed by atoms with Gasteiger partial charge in [0.1, 0.15) is 5.82 Å². The summed E-state index contributed by atoms with van der Waals surface area (Å²) in [5.41, 5.74) is 0.355. The lowest BCUT2D eigenvalue weighted by atomic mass is 10.2. The summed E-state index contributed by atoms with van der Waals surface area (Å²) in [7, 11) is 1.40. The number of rotatable bonds is 2. The van der Waals surface area contributed by atoms with Gasteiger partial charge in [-0.1, -0.05) is 6.07 Å². The fourth-order valence-electron chi connectivity index (χ4n) is 0.828. The Hall–Kier alpha value is 0.120. The fraction of sp³-hybridized carbons (Fsp3) is 0.143. The van der Waals surface area contributed by atoms with Crippen LogP contribution in [0.1, 0.15) is 5.56 Å². The molecule has 0 radical (unpaired) electrons. The Labute approximate surface area is 93.7 Å². The SMILES string of the molecule is O=S(=O)(Cl)Cc1ccc(I)c(F)c1. The Bertz CT molecular complexity index is 419. The molecule has 0 spiro atoms. The van der Waals surface area contributed by atoms with Gasteiger partial charge < -0.3 is 0 Å². The topological polar surface area (TPSA) is 34.1 Å². The normalized spacial score (nSPS) is 11.6. The van der Waals surface area contributed by atoms with Gasteiger partial charge in [0.2, 0.25) is 9.05 Å². The van der Waals surface area contributed by atoms with E-state index in [-0.39, 0.29) is 5.75 Å². The Morgan fingerprint density at radius 2 is 2.08 bits per heavy atom. The van der Waals surface area contributed by atoms with Gasteiger partial charge in [-0.2, -0.15) is 0 Å². The number of benzene rings is 1. The largest absolute Gasteiger partial charge is 0.236 e. The molecule has 0 aliphatic rings. The van der Waals surface area contributed by atoms with Gasteiger partial charge in [-0.25, -0.2) is 12.8 Å². The molecule has 0 N–H and O–H groups in total. The van der Waals surface area contributed by atoms with Gasteiger partial charge in [0, 0.05) is 14.3 Å². The molecule has 0 atom stereocenters. The third kappa shape index (κ3) is 3.78. The molecule has 0 aliphatic heterocycles. The lowest BCUT2D eigenvalue weighted by Crippen LogP contribution is -1.96. The maximum Gasteiger partial charge on any atom is 0.236 e. The highest BCUT2D eigenvalue weighted by Crippen LogP contribution is 2.15. The summed E-state index contributed by atoms with van der Waals surface area (Å²) < 4.78 is 34.6. The van der Waals surface area contributed by atoms with Crippen LogP contribution in [0.3, 0.4) is 0 Å². The standard InChI is InChI=1S/C7H5ClFIO2S/c8-13(11,12)4-5-1-2-7(10)6(9)3-5/h1-3H,4H2. The van der Waals surface area contributed by atoms with Crippen LogP contribution in [0.15, 0.2) is 18.2 Å². The monoisotopic (exact) mass is 334 g/mol. The van der Waals surface area contributed by atoms with E-state index in [1.807, 2.05) is 22.6 Å². The van der Waals surface area contributed by atoms with Crippen molar-refractivity contribution in [2.75, 3.05) is 0 Å². The molecule has 6 heteroatoms. The van der Waals surface area contributed by atoms with E-state index in [0.29, 0.717) is 9.13 Å². The molecule has 0 amide bonds. The molecule has 0 unspecified atom stereocenters. The average molecular weight is 335 g/mol. The second-order valence-electron chi connectivity index (χ2n) is 2.43. The average Bonchev–Trinajstić information content (AvgIpc) is 1.94. The third-order valence-corrected chi connectivity index (χ3v) is 3.20. The number of hydrogen-bond acceptors (Lipinski definition) is 2. The first-order valence-electron chi connectivity index (χ1n) is 3.25. The van der Waals surface area contributed by atoms with Crippen molar-refractivity contribution in [3.63, 3.8) is 0 Å². The molecule has 72 valence electrons. The molecule has 0 fully saturated rings. The van der Waals surface area contributed by atoms with Gasteiger partial charge in [0.05, 0.1) is 5.75 Å². The van der Waals surface area contributed by atoms with Gasteiger partial charge in [0.15, 0.2) is 0 Å². The zero-order chi connectivity index (χ0) is 10.1. The molecule has 0 saturated carbocycles. The second-order valence-corrected chi connectivity index (χ2v) is 6.37. The van der Waals surface area contributed by atoms with E-state index in [4.69, 9.17) is 10.7 Å². The van der Waals surface area contributed by atoms with Crippen molar-refractivity contribution in [2.24, 2.45) is 0 Å². The molecular formula is C7H5ClFIO2S. The zero-order valence-corrected chi connectivity index (χ0v) is 10.0. The van der Waals surface area contributed by atoms with Crippen molar-refractivity contribution >= 4 is 42.3 Å². The van der Waals surface area contributed by atoms with Crippen LogP contribution in [-0.4, -0.2) is 8.42 Å². The molecular weight excluding hydrogens is 329 g/mol. The third-order valence-electron chi connectivity index (χ3n) is 1.32. The summed E-state index contributed by atoms with van der Waals surface area (Å²) in [6, 6.07) is 4.21. The first-order valence-corrected chi connectivity index (χ1v) is 6.80. The van der Waals surface area contributed by atoms with Gasteiger partial charge in [-0.15, -0.1) is 0 Å². The fourth-order valence-corrected chi connectivity index (χ4v) is 2.12. The summed E-state index contributed by atoms with van der Waals surface area (Å²) in [6.07, 6.45) is 0. The van der Waals surface area contributed by atoms with Crippen molar-refractivity contribution < 1.29 is 12.8 Å². The second kappa shape index (κ2) is 4.10. The highest BCUT2D eigenvalue weighted by atomic mass is 127. The Morgan fingerprint density at radius 3 is 2.54 bits per heavy atom. The van der Waals surface area contributed by atoms with Crippen molar-refractivity contribution in [1.29, 1.82) is 0 Å². The highest BCUT2D eigenvalue weighted by Gasteiger charge is 2.08. The Morgan fingerprint density at radius 1 is 1.46 bits per heavy atom.